The van der Waals surface area contributed by atoms with Gasteiger partial charge in [-0.1, -0.05) is 34.1 Å². The van der Waals surface area contributed by atoms with Crippen molar-refractivity contribution in [3.05, 3.63) is 0 Å². The van der Waals surface area contributed by atoms with Gasteiger partial charge in [-0.3, -0.25) is 9.59 Å². The zero-order valence-electron chi connectivity index (χ0n) is 12.6. The molecule has 0 atom stereocenters. The first-order valence-electron chi connectivity index (χ1n) is 6.68. The van der Waals surface area contributed by atoms with E-state index in [0.29, 0.717) is 6.54 Å². The maximum Gasteiger partial charge on any atom is 0.309 e. The Morgan fingerprint density at radius 2 is 1.56 bits per heavy atom. The van der Waals surface area contributed by atoms with Gasteiger partial charge in [0.2, 0.25) is 0 Å². The highest BCUT2D eigenvalue weighted by Gasteiger charge is 2.28. The lowest BCUT2D eigenvalue weighted by atomic mass is 9.82. The highest BCUT2D eigenvalue weighted by atomic mass is 16.2. The van der Waals surface area contributed by atoms with Gasteiger partial charge in [0.05, 0.1) is 0 Å². The third-order valence-electron chi connectivity index (χ3n) is 2.45. The van der Waals surface area contributed by atoms with Crippen LogP contribution in [-0.4, -0.2) is 23.9 Å². The Bertz CT molecular complexity index is 291. The molecule has 0 aromatic carbocycles. The number of unbranched alkanes of at least 4 members (excludes halogenated alkanes) is 1. The number of amides is 2. The zero-order chi connectivity index (χ0) is 14.4. The molecule has 0 aromatic rings. The summed E-state index contributed by atoms with van der Waals surface area (Å²) in [5.41, 5.74) is -0.271. The van der Waals surface area contributed by atoms with Gasteiger partial charge in [-0.15, -0.1) is 0 Å². The Balaban J connectivity index is 4.24. The second kappa shape index (κ2) is 6.76. The van der Waals surface area contributed by atoms with Crippen molar-refractivity contribution in [3.8, 4) is 0 Å². The minimum absolute atomic E-state index is 0.107. The van der Waals surface area contributed by atoms with Crippen LogP contribution in [0, 0.1) is 5.41 Å². The van der Waals surface area contributed by atoms with Crippen molar-refractivity contribution in [2.45, 2.75) is 66.3 Å². The summed E-state index contributed by atoms with van der Waals surface area (Å²) in [6.45, 7) is 12.8. The number of hydrogen-bond acceptors (Lipinski definition) is 2. The summed E-state index contributed by atoms with van der Waals surface area (Å²) in [6, 6.07) is 0. The third-order valence-corrected chi connectivity index (χ3v) is 2.45. The predicted octanol–water partition coefficient (Wildman–Crippen LogP) is 2.23. The van der Waals surface area contributed by atoms with Gasteiger partial charge < -0.3 is 10.6 Å². The Morgan fingerprint density at radius 3 is 2.00 bits per heavy atom. The Morgan fingerprint density at radius 1 is 1.00 bits per heavy atom. The number of nitrogens with one attached hydrogen (secondary N) is 2. The van der Waals surface area contributed by atoms with Crippen LogP contribution in [0.25, 0.3) is 0 Å². The van der Waals surface area contributed by atoms with Crippen LogP contribution in [-0.2, 0) is 9.59 Å². The zero-order valence-corrected chi connectivity index (χ0v) is 12.6. The summed E-state index contributed by atoms with van der Waals surface area (Å²) in [4.78, 5) is 23.3. The van der Waals surface area contributed by atoms with Crippen molar-refractivity contribution < 1.29 is 9.59 Å². The van der Waals surface area contributed by atoms with E-state index in [1.165, 1.54) is 0 Å². The molecule has 0 spiro atoms. The Kier molecular flexibility index (Phi) is 6.36. The highest BCUT2D eigenvalue weighted by molar-refractivity contribution is 6.35. The quantitative estimate of drug-likeness (QED) is 0.585. The summed E-state index contributed by atoms with van der Waals surface area (Å²) >= 11 is 0. The molecule has 0 radical (unpaired) electrons. The smallest absolute Gasteiger partial charge is 0.309 e. The minimum Gasteiger partial charge on any atom is -0.348 e. The number of carbonyl (C=O) groups is 2. The molecule has 18 heavy (non-hydrogen) atoms. The third kappa shape index (κ3) is 8.09. The summed E-state index contributed by atoms with van der Waals surface area (Å²) in [6.07, 6.45) is 2.70. The first kappa shape index (κ1) is 16.9. The molecule has 0 unspecified atom stereocenters. The molecule has 0 aliphatic carbocycles. The van der Waals surface area contributed by atoms with E-state index >= 15 is 0 Å². The van der Waals surface area contributed by atoms with Gasteiger partial charge in [-0.05, 0) is 32.1 Å². The van der Waals surface area contributed by atoms with Crippen LogP contribution in [0.15, 0.2) is 0 Å². The largest absolute Gasteiger partial charge is 0.348 e. The molecular weight excluding hydrogens is 228 g/mol. The summed E-state index contributed by atoms with van der Waals surface area (Å²) in [5.74, 6) is -1.08. The van der Waals surface area contributed by atoms with E-state index in [0.717, 1.165) is 19.3 Å². The molecule has 0 aromatic heterocycles. The van der Waals surface area contributed by atoms with E-state index in [9.17, 15) is 9.59 Å². The lowest BCUT2D eigenvalue weighted by Gasteiger charge is -2.33. The van der Waals surface area contributed by atoms with Gasteiger partial charge in [-0.2, -0.15) is 0 Å². The monoisotopic (exact) mass is 256 g/mol. The molecular formula is C14H28N2O2. The topological polar surface area (TPSA) is 58.2 Å². The first-order valence-corrected chi connectivity index (χ1v) is 6.68. The molecule has 0 saturated carbocycles. The molecule has 0 rings (SSSR count). The molecule has 0 heterocycles. The van der Waals surface area contributed by atoms with Crippen LogP contribution >= 0.6 is 0 Å². The van der Waals surface area contributed by atoms with Crippen molar-refractivity contribution in [3.63, 3.8) is 0 Å². The molecule has 2 N–H and O–H groups in total. The second-order valence-electron chi connectivity index (χ2n) is 6.68. The fourth-order valence-corrected chi connectivity index (χ4v) is 2.19. The van der Waals surface area contributed by atoms with Gasteiger partial charge in [0.25, 0.3) is 0 Å². The van der Waals surface area contributed by atoms with E-state index in [2.05, 4.69) is 31.4 Å². The summed E-state index contributed by atoms with van der Waals surface area (Å²) in [5, 5.41) is 5.41. The van der Waals surface area contributed by atoms with Gasteiger partial charge in [-0.25, -0.2) is 0 Å². The molecule has 0 bridgehead atoms. The normalized spacial score (nSPS) is 12.1. The molecule has 0 saturated heterocycles. The molecule has 4 nitrogen and oxygen atoms in total. The fraction of sp³-hybridized carbons (Fsp3) is 0.857. The summed E-state index contributed by atoms with van der Waals surface area (Å²) < 4.78 is 0. The number of carbonyl (C=O) groups excluding carboxylic acids is 2. The van der Waals surface area contributed by atoms with E-state index in [1.807, 2.05) is 20.8 Å². The van der Waals surface area contributed by atoms with Crippen LogP contribution in [0.5, 0.6) is 0 Å². The summed E-state index contributed by atoms with van der Waals surface area (Å²) in [7, 11) is 0. The molecule has 2 amide bonds. The average molecular weight is 256 g/mol. The lowest BCUT2D eigenvalue weighted by Crippen LogP contribution is -2.51. The van der Waals surface area contributed by atoms with E-state index < -0.39 is 11.8 Å². The van der Waals surface area contributed by atoms with Crippen LogP contribution in [0.1, 0.15) is 60.8 Å². The van der Waals surface area contributed by atoms with Gasteiger partial charge >= 0.3 is 11.8 Å². The van der Waals surface area contributed by atoms with Crippen molar-refractivity contribution in [2.75, 3.05) is 6.54 Å². The fourth-order valence-electron chi connectivity index (χ4n) is 2.19. The molecule has 106 valence electrons. The van der Waals surface area contributed by atoms with Crippen LogP contribution in [0.4, 0.5) is 0 Å². The first-order chi connectivity index (χ1) is 8.07. The lowest BCUT2D eigenvalue weighted by molar-refractivity contribution is -0.140. The van der Waals surface area contributed by atoms with Crippen molar-refractivity contribution >= 4 is 11.8 Å². The van der Waals surface area contributed by atoms with Crippen molar-refractivity contribution in [2.24, 2.45) is 5.41 Å². The van der Waals surface area contributed by atoms with Gasteiger partial charge in [0, 0.05) is 12.1 Å². The van der Waals surface area contributed by atoms with Crippen molar-refractivity contribution in [1.29, 1.82) is 0 Å². The highest BCUT2D eigenvalue weighted by Crippen LogP contribution is 2.26. The van der Waals surface area contributed by atoms with Crippen LogP contribution in [0.3, 0.4) is 0 Å². The molecule has 4 heteroatoms. The Labute approximate surface area is 111 Å². The molecule has 0 fully saturated rings. The molecule has 0 aliphatic heterocycles. The standard InChI is InChI=1S/C14H28N2O2/c1-7-8-9-15-11(17)12(18)16-14(5,6)10-13(2,3)4/h7-10H2,1-6H3,(H,15,17)(H,16,18). The van der Waals surface area contributed by atoms with Crippen molar-refractivity contribution in [1.82, 2.24) is 10.6 Å². The maximum atomic E-state index is 11.7. The van der Waals surface area contributed by atoms with E-state index in [-0.39, 0.29) is 11.0 Å². The van der Waals surface area contributed by atoms with E-state index in [1.54, 1.807) is 0 Å². The van der Waals surface area contributed by atoms with E-state index in [4.69, 9.17) is 0 Å². The average Bonchev–Trinajstić information content (AvgIpc) is 2.12. The minimum atomic E-state index is -0.541. The maximum absolute atomic E-state index is 11.7. The SMILES string of the molecule is CCCCNC(=O)C(=O)NC(C)(C)CC(C)(C)C. The molecule has 0 aliphatic rings. The predicted molar refractivity (Wildman–Crippen MR) is 74.2 cm³/mol. The van der Waals surface area contributed by atoms with Crippen LogP contribution < -0.4 is 10.6 Å². The van der Waals surface area contributed by atoms with Gasteiger partial charge in [0.15, 0.2) is 0 Å². The van der Waals surface area contributed by atoms with Gasteiger partial charge in [0.1, 0.15) is 0 Å². The van der Waals surface area contributed by atoms with Crippen LogP contribution in [0.2, 0.25) is 0 Å². The Hall–Kier alpha value is -1.06. The number of hydrogen-bond donors (Lipinski definition) is 2. The second-order valence-corrected chi connectivity index (χ2v) is 6.68. The number of rotatable bonds is 5.